The van der Waals surface area contributed by atoms with Gasteiger partial charge in [-0.2, -0.15) is 0 Å². The molecule has 2 amide bonds. The average Bonchev–Trinajstić information content (AvgIpc) is 3.24. The van der Waals surface area contributed by atoms with Crippen LogP contribution in [0.5, 0.6) is 5.75 Å². The van der Waals surface area contributed by atoms with Crippen molar-refractivity contribution in [2.45, 2.75) is 19.0 Å². The van der Waals surface area contributed by atoms with Gasteiger partial charge in [-0.3, -0.25) is 14.5 Å². The largest absolute Gasteiger partial charge is 0.496 e. The molecule has 0 bridgehead atoms. The minimum atomic E-state index is -0.478. The molecule has 7 heteroatoms. The van der Waals surface area contributed by atoms with Gasteiger partial charge >= 0.3 is 0 Å². The van der Waals surface area contributed by atoms with Crippen LogP contribution >= 0.6 is 0 Å². The van der Waals surface area contributed by atoms with Gasteiger partial charge in [-0.15, -0.1) is 0 Å². The first kappa shape index (κ1) is 22.6. The van der Waals surface area contributed by atoms with Crippen LogP contribution in [0, 0.1) is 0 Å². The Labute approximate surface area is 194 Å². The predicted octanol–water partition coefficient (Wildman–Crippen LogP) is 2.67. The van der Waals surface area contributed by atoms with Crippen LogP contribution in [0.3, 0.4) is 0 Å². The zero-order chi connectivity index (χ0) is 23.0. The zero-order valence-corrected chi connectivity index (χ0v) is 18.9. The van der Waals surface area contributed by atoms with Gasteiger partial charge in [-0.05, 0) is 23.6 Å². The van der Waals surface area contributed by atoms with E-state index in [0.717, 1.165) is 16.8 Å². The molecule has 33 heavy (non-hydrogen) atoms. The molecule has 0 saturated carbocycles. The van der Waals surface area contributed by atoms with Crippen molar-refractivity contribution in [2.24, 2.45) is 0 Å². The topological polar surface area (TPSA) is 75.6 Å². The number of rotatable bonds is 9. The number of piperazine rings is 1. The molecule has 1 aromatic heterocycles. The first-order chi connectivity index (χ1) is 16.2. The number of hydrogen-bond donors (Lipinski definition) is 2. The quantitative estimate of drug-likeness (QED) is 0.530. The minimum absolute atomic E-state index is 0.0986. The first-order valence-electron chi connectivity index (χ1n) is 11.3. The lowest BCUT2D eigenvalue weighted by Crippen LogP contribution is -2.56. The second-order valence-corrected chi connectivity index (χ2v) is 8.07. The number of amides is 2. The number of nitrogens with zero attached hydrogens (tertiary/aromatic N) is 2. The molecule has 7 nitrogen and oxygen atoms in total. The summed E-state index contributed by atoms with van der Waals surface area (Å²) >= 11 is 0. The van der Waals surface area contributed by atoms with E-state index in [1.165, 1.54) is 5.39 Å². The molecule has 3 aromatic rings. The van der Waals surface area contributed by atoms with Crippen LogP contribution in [0.1, 0.15) is 12.0 Å². The highest BCUT2D eigenvalue weighted by Crippen LogP contribution is 2.19. The third-order valence-electron chi connectivity index (χ3n) is 5.95. The number of nitrogens with one attached hydrogen (secondary N) is 2. The van der Waals surface area contributed by atoms with Crippen LogP contribution in [0.15, 0.2) is 66.9 Å². The molecule has 4 rings (SSSR count). The zero-order valence-electron chi connectivity index (χ0n) is 18.9. The maximum Gasteiger partial charge on any atom is 0.237 e. The lowest BCUT2D eigenvalue weighted by molar-refractivity contribution is -0.133. The van der Waals surface area contributed by atoms with Gasteiger partial charge in [0.2, 0.25) is 11.8 Å². The Morgan fingerprint density at radius 3 is 2.88 bits per heavy atom. The lowest BCUT2D eigenvalue weighted by atomic mass is 10.1. The number of para-hydroxylation sites is 2. The van der Waals surface area contributed by atoms with Gasteiger partial charge < -0.3 is 19.9 Å². The molecule has 1 atom stereocenters. The third kappa shape index (κ3) is 5.62. The standard InChI is InChI=1S/C26H30N4O3/c1-33-24-11-5-3-8-21(24)9-6-15-29-18-14-28-26(32)23(29)19-25(31)27-13-17-30-16-12-20-7-2-4-10-22(20)30/h2-12,16,23H,13-15,17-19H2,1H3,(H,27,31)(H,28,32)/b9-6+. The van der Waals surface area contributed by atoms with Crippen LogP contribution < -0.4 is 15.4 Å². The first-order valence-corrected chi connectivity index (χ1v) is 11.3. The average molecular weight is 447 g/mol. The van der Waals surface area contributed by atoms with Gasteiger partial charge in [0.1, 0.15) is 5.75 Å². The molecular weight excluding hydrogens is 416 g/mol. The van der Waals surface area contributed by atoms with Crippen molar-refractivity contribution in [3.63, 3.8) is 0 Å². The monoisotopic (exact) mass is 446 g/mol. The number of aromatic nitrogens is 1. The summed E-state index contributed by atoms with van der Waals surface area (Å²) in [5.74, 6) is 0.585. The van der Waals surface area contributed by atoms with Gasteiger partial charge in [-0.25, -0.2) is 0 Å². The summed E-state index contributed by atoms with van der Waals surface area (Å²) in [5, 5.41) is 7.03. The van der Waals surface area contributed by atoms with E-state index < -0.39 is 6.04 Å². The normalized spacial score (nSPS) is 16.8. The van der Waals surface area contributed by atoms with E-state index >= 15 is 0 Å². The van der Waals surface area contributed by atoms with Crippen molar-refractivity contribution in [1.29, 1.82) is 0 Å². The van der Waals surface area contributed by atoms with Crippen LogP contribution in [-0.2, 0) is 16.1 Å². The second-order valence-electron chi connectivity index (χ2n) is 8.07. The van der Waals surface area contributed by atoms with Crippen LogP contribution in [0.2, 0.25) is 0 Å². The molecule has 0 radical (unpaired) electrons. The summed E-state index contributed by atoms with van der Waals surface area (Å²) in [5.41, 5.74) is 2.12. The Morgan fingerprint density at radius 2 is 2.00 bits per heavy atom. The fourth-order valence-corrected chi connectivity index (χ4v) is 4.22. The molecule has 0 aliphatic carbocycles. The van der Waals surface area contributed by atoms with Crippen molar-refractivity contribution in [3.05, 3.63) is 72.4 Å². The van der Waals surface area contributed by atoms with E-state index in [9.17, 15) is 9.59 Å². The molecule has 1 aliphatic rings. The molecule has 2 N–H and O–H groups in total. The van der Waals surface area contributed by atoms with Crippen LogP contribution in [-0.4, -0.2) is 60.6 Å². The molecule has 1 saturated heterocycles. The van der Waals surface area contributed by atoms with Gasteiger partial charge in [-0.1, -0.05) is 48.6 Å². The molecular formula is C26H30N4O3. The molecule has 2 aromatic carbocycles. The van der Waals surface area contributed by atoms with Crippen molar-refractivity contribution < 1.29 is 14.3 Å². The van der Waals surface area contributed by atoms with Crippen molar-refractivity contribution in [3.8, 4) is 5.75 Å². The van der Waals surface area contributed by atoms with Gasteiger partial charge in [0, 0.05) is 50.0 Å². The Balaban J connectivity index is 1.31. The van der Waals surface area contributed by atoms with E-state index in [2.05, 4.69) is 33.4 Å². The molecule has 1 fully saturated rings. The summed E-state index contributed by atoms with van der Waals surface area (Å²) in [6.45, 7) is 3.06. The summed E-state index contributed by atoms with van der Waals surface area (Å²) in [6.07, 6.45) is 6.17. The summed E-state index contributed by atoms with van der Waals surface area (Å²) in [6, 6.07) is 17.5. The molecule has 2 heterocycles. The number of carbonyl (C=O) groups excluding carboxylic acids is 2. The summed E-state index contributed by atoms with van der Waals surface area (Å²) in [4.78, 5) is 27.2. The van der Waals surface area contributed by atoms with Crippen molar-refractivity contribution in [2.75, 3.05) is 33.3 Å². The summed E-state index contributed by atoms with van der Waals surface area (Å²) < 4.78 is 7.51. The Hall–Kier alpha value is -3.58. The van der Waals surface area contributed by atoms with E-state index in [4.69, 9.17) is 4.74 Å². The number of benzene rings is 2. The number of hydrogen-bond acceptors (Lipinski definition) is 4. The highest BCUT2D eigenvalue weighted by atomic mass is 16.5. The van der Waals surface area contributed by atoms with Crippen LogP contribution in [0.4, 0.5) is 0 Å². The predicted molar refractivity (Wildman–Crippen MR) is 130 cm³/mol. The van der Waals surface area contributed by atoms with E-state index in [0.29, 0.717) is 32.7 Å². The summed E-state index contributed by atoms with van der Waals surface area (Å²) in [7, 11) is 1.65. The van der Waals surface area contributed by atoms with Crippen LogP contribution in [0.25, 0.3) is 17.0 Å². The lowest BCUT2D eigenvalue weighted by Gasteiger charge is -2.33. The van der Waals surface area contributed by atoms with Gasteiger partial charge in [0.05, 0.1) is 19.6 Å². The van der Waals surface area contributed by atoms with Gasteiger partial charge in [0.25, 0.3) is 0 Å². The SMILES string of the molecule is COc1ccccc1/C=C/CN1CCNC(=O)C1CC(=O)NCCn1ccc2ccccc21. The molecule has 172 valence electrons. The van der Waals surface area contributed by atoms with Crippen molar-refractivity contribution in [1.82, 2.24) is 20.1 Å². The second kappa shape index (κ2) is 10.8. The molecule has 1 aliphatic heterocycles. The molecule has 0 spiro atoms. The number of methoxy groups -OCH3 is 1. The Bertz CT molecular complexity index is 1140. The maximum atomic E-state index is 12.6. The highest BCUT2D eigenvalue weighted by Gasteiger charge is 2.30. The van der Waals surface area contributed by atoms with Gasteiger partial charge in [0.15, 0.2) is 0 Å². The maximum absolute atomic E-state index is 12.6. The van der Waals surface area contributed by atoms with E-state index in [1.807, 2.05) is 59.6 Å². The number of ether oxygens (including phenoxy) is 1. The van der Waals surface area contributed by atoms with E-state index in [1.54, 1.807) is 7.11 Å². The van der Waals surface area contributed by atoms with Crippen molar-refractivity contribution >= 4 is 28.8 Å². The smallest absolute Gasteiger partial charge is 0.237 e. The third-order valence-corrected chi connectivity index (χ3v) is 5.95. The fraction of sp³-hybridized carbons (Fsp3) is 0.308. The number of fused-ring (bicyclic) bond motifs is 1. The Kier molecular flexibility index (Phi) is 7.42. The molecule has 1 unspecified atom stereocenters. The highest BCUT2D eigenvalue weighted by molar-refractivity contribution is 5.89. The minimum Gasteiger partial charge on any atom is -0.496 e. The Morgan fingerprint density at radius 1 is 1.18 bits per heavy atom. The number of carbonyl (C=O) groups is 2. The fourth-order valence-electron chi connectivity index (χ4n) is 4.22. The van der Waals surface area contributed by atoms with E-state index in [-0.39, 0.29) is 18.2 Å².